The first-order chi connectivity index (χ1) is 33.0. The van der Waals surface area contributed by atoms with Crippen LogP contribution in [0.2, 0.25) is 0 Å². The highest BCUT2D eigenvalue weighted by Gasteiger charge is 2.27. The number of likely N-dealkylation sites (N-methyl/N-ethyl adjacent to an activating group) is 1. The maximum absolute atomic E-state index is 12.8. The molecule has 0 rings (SSSR count). The first kappa shape index (κ1) is 64.4. The van der Waals surface area contributed by atoms with Crippen molar-refractivity contribution in [2.24, 2.45) is 0 Å². The molecule has 10 heteroatoms. The zero-order valence-electron chi connectivity index (χ0n) is 43.5. The van der Waals surface area contributed by atoms with Gasteiger partial charge in [0, 0.05) is 12.8 Å². The fourth-order valence-corrected chi connectivity index (χ4v) is 7.22. The Hall–Kier alpha value is -3.59. The molecule has 0 amide bonds. The van der Waals surface area contributed by atoms with Gasteiger partial charge in [0.15, 0.2) is 6.10 Å². The molecule has 0 fully saturated rings. The van der Waals surface area contributed by atoms with Gasteiger partial charge in [0.05, 0.1) is 27.7 Å². The van der Waals surface area contributed by atoms with Gasteiger partial charge in [-0.3, -0.25) is 18.6 Å². The Morgan fingerprint density at radius 2 is 0.794 bits per heavy atom. The predicted molar refractivity (Wildman–Crippen MR) is 288 cm³/mol. The van der Waals surface area contributed by atoms with Crippen LogP contribution >= 0.6 is 7.82 Å². The number of unbranched alkanes of at least 4 members (excludes halogenated alkanes) is 12. The summed E-state index contributed by atoms with van der Waals surface area (Å²) >= 11 is 0. The molecule has 0 aliphatic carbocycles. The number of hydrogen-bond donors (Lipinski definition) is 1. The molecule has 0 saturated carbocycles. The van der Waals surface area contributed by atoms with Crippen LogP contribution < -0.4 is 0 Å². The van der Waals surface area contributed by atoms with Gasteiger partial charge in [0.25, 0.3) is 0 Å². The van der Waals surface area contributed by atoms with Crippen molar-refractivity contribution in [3.8, 4) is 0 Å². The van der Waals surface area contributed by atoms with E-state index in [0.29, 0.717) is 17.4 Å². The van der Waals surface area contributed by atoms with Crippen LogP contribution in [-0.4, -0.2) is 74.9 Å². The van der Waals surface area contributed by atoms with Gasteiger partial charge in [0.1, 0.15) is 19.8 Å². The van der Waals surface area contributed by atoms with E-state index >= 15 is 0 Å². The molecule has 0 heterocycles. The molecule has 0 aromatic carbocycles. The first-order valence-electron chi connectivity index (χ1n) is 26.3. The number of quaternary nitrogens is 1. The van der Waals surface area contributed by atoms with E-state index in [-0.39, 0.29) is 32.0 Å². The lowest BCUT2D eigenvalue weighted by Gasteiger charge is -2.24. The van der Waals surface area contributed by atoms with Crippen LogP contribution in [0.25, 0.3) is 0 Å². The van der Waals surface area contributed by atoms with Crippen LogP contribution in [-0.2, 0) is 32.7 Å². The lowest BCUT2D eigenvalue weighted by Crippen LogP contribution is -2.37. The van der Waals surface area contributed by atoms with Gasteiger partial charge in [-0.25, -0.2) is 4.57 Å². The summed E-state index contributed by atoms with van der Waals surface area (Å²) < 4.78 is 34.4. The van der Waals surface area contributed by atoms with E-state index in [1.54, 1.807) is 0 Å². The summed E-state index contributed by atoms with van der Waals surface area (Å²) in [7, 11) is 1.43. The smallest absolute Gasteiger partial charge is 0.462 e. The monoisotopic (exact) mass is 967 g/mol. The molecule has 0 aliphatic heterocycles. The molecule has 386 valence electrons. The predicted octanol–water partition coefficient (Wildman–Crippen LogP) is 16.0. The molecule has 0 aromatic rings. The zero-order valence-corrected chi connectivity index (χ0v) is 44.4. The molecular formula is C58H97NO8P+. The molecular weight excluding hydrogens is 870 g/mol. The first-order valence-corrected chi connectivity index (χ1v) is 27.8. The van der Waals surface area contributed by atoms with Gasteiger partial charge in [-0.15, -0.1) is 0 Å². The highest BCUT2D eigenvalue weighted by atomic mass is 31.2. The number of esters is 2. The molecule has 0 aromatic heterocycles. The third-order valence-electron chi connectivity index (χ3n) is 10.5. The topological polar surface area (TPSA) is 108 Å². The number of allylic oxidation sites excluding steroid dienone is 20. The molecule has 68 heavy (non-hydrogen) atoms. The van der Waals surface area contributed by atoms with Crippen molar-refractivity contribution >= 4 is 19.8 Å². The summed E-state index contributed by atoms with van der Waals surface area (Å²) in [6.45, 7) is 4.15. The van der Waals surface area contributed by atoms with Crippen LogP contribution in [0.4, 0.5) is 0 Å². The van der Waals surface area contributed by atoms with Crippen LogP contribution in [0.15, 0.2) is 122 Å². The molecule has 2 atom stereocenters. The normalized spacial score (nSPS) is 14.4. The van der Waals surface area contributed by atoms with E-state index in [9.17, 15) is 19.0 Å². The summed E-state index contributed by atoms with van der Waals surface area (Å²) in [6, 6.07) is 0. The largest absolute Gasteiger partial charge is 0.472 e. The van der Waals surface area contributed by atoms with E-state index in [2.05, 4.69) is 135 Å². The fraction of sp³-hybridized carbons (Fsp3) is 0.621. The molecule has 0 spiro atoms. The fourth-order valence-electron chi connectivity index (χ4n) is 6.48. The standard InChI is InChI=1S/C58H96NO8P/c1-6-8-10-12-14-16-18-20-22-24-25-26-27-28-29-30-31-32-33-35-37-39-41-43-45-47-49-51-58(61)67-56(55-66-68(62,63)65-53-52-59(3,4)5)54-64-57(60)50-48-46-44-42-40-38-36-34-23-21-19-17-15-13-11-9-7-2/h8-11,14-17,20-23,25-26,28-29,31-32,35,37,56H,6-7,12-13,18-19,24,27,30,33-34,36,38-55H2,1-5H3/p+1/b10-8-,11-9-,16-14-,17-15-,22-20-,23-21-,26-25-,29-28-,32-31-,37-35-. The summed E-state index contributed by atoms with van der Waals surface area (Å²) in [5.74, 6) is -0.843. The second-order valence-corrected chi connectivity index (χ2v) is 19.6. The third kappa shape index (κ3) is 51.8. The van der Waals surface area contributed by atoms with Crippen LogP contribution in [0, 0.1) is 0 Å². The Labute approximate surface area is 416 Å². The number of phosphoric acid groups is 1. The lowest BCUT2D eigenvalue weighted by atomic mass is 10.1. The average molecular weight is 967 g/mol. The van der Waals surface area contributed by atoms with Gasteiger partial charge >= 0.3 is 19.8 Å². The summed E-state index contributed by atoms with van der Waals surface area (Å²) in [5, 5.41) is 0. The number of carbonyl (C=O) groups is 2. The van der Waals surface area contributed by atoms with Gasteiger partial charge in [0.2, 0.25) is 0 Å². The second kappa shape index (κ2) is 48.4. The Morgan fingerprint density at radius 1 is 0.456 bits per heavy atom. The minimum atomic E-state index is -4.40. The molecule has 2 unspecified atom stereocenters. The minimum absolute atomic E-state index is 0.0183. The van der Waals surface area contributed by atoms with Crippen molar-refractivity contribution in [3.63, 3.8) is 0 Å². The highest BCUT2D eigenvalue weighted by Crippen LogP contribution is 2.43. The zero-order chi connectivity index (χ0) is 49.9. The quantitative estimate of drug-likeness (QED) is 0.0211. The van der Waals surface area contributed by atoms with Gasteiger partial charge in [-0.1, -0.05) is 187 Å². The molecule has 0 radical (unpaired) electrons. The van der Waals surface area contributed by atoms with E-state index in [4.69, 9.17) is 18.5 Å². The number of carbonyl (C=O) groups excluding carboxylic acids is 2. The Bertz CT molecular complexity index is 1560. The number of hydrogen-bond acceptors (Lipinski definition) is 7. The molecule has 1 N–H and O–H groups in total. The average Bonchev–Trinajstić information content (AvgIpc) is 3.30. The van der Waals surface area contributed by atoms with Crippen molar-refractivity contribution in [2.75, 3.05) is 47.5 Å². The third-order valence-corrected chi connectivity index (χ3v) is 11.5. The molecule has 0 aliphatic rings. The van der Waals surface area contributed by atoms with E-state index in [0.717, 1.165) is 128 Å². The number of nitrogens with zero attached hydrogens (tertiary/aromatic N) is 1. The van der Waals surface area contributed by atoms with Crippen molar-refractivity contribution < 1.29 is 42.1 Å². The number of ether oxygens (including phenoxy) is 2. The van der Waals surface area contributed by atoms with Gasteiger partial charge in [-0.2, -0.15) is 0 Å². The van der Waals surface area contributed by atoms with E-state index < -0.39 is 26.5 Å². The van der Waals surface area contributed by atoms with Crippen LogP contribution in [0.1, 0.15) is 181 Å². The Kier molecular flexibility index (Phi) is 45.9. The van der Waals surface area contributed by atoms with Gasteiger partial charge in [-0.05, 0) is 103 Å². The SMILES string of the molecule is CC/C=C\C/C=C\C/C=C\C/C=C\C/C=C\C/C=C\C/C=C\CCCCCCCC(=O)OC(COC(=O)CCCCCCCCC/C=C\C/C=C\C/C=C\CC)COP(=O)(O)OCC[N+](C)(C)C. The van der Waals surface area contributed by atoms with Crippen molar-refractivity contribution in [1.29, 1.82) is 0 Å². The second-order valence-electron chi connectivity index (χ2n) is 18.1. The Morgan fingerprint density at radius 3 is 1.18 bits per heavy atom. The molecule has 0 bridgehead atoms. The summed E-state index contributed by atoms with van der Waals surface area (Å²) in [4.78, 5) is 35.6. The molecule has 0 saturated heterocycles. The summed E-state index contributed by atoms with van der Waals surface area (Å²) in [5.41, 5.74) is 0. The highest BCUT2D eigenvalue weighted by molar-refractivity contribution is 7.47. The minimum Gasteiger partial charge on any atom is -0.462 e. The number of rotatable bonds is 46. The Balaban J connectivity index is 4.33. The van der Waals surface area contributed by atoms with Crippen molar-refractivity contribution in [1.82, 2.24) is 0 Å². The molecule has 9 nitrogen and oxygen atoms in total. The van der Waals surface area contributed by atoms with Crippen molar-refractivity contribution in [3.05, 3.63) is 122 Å². The van der Waals surface area contributed by atoms with Crippen molar-refractivity contribution in [2.45, 2.75) is 187 Å². The summed E-state index contributed by atoms with van der Waals surface area (Å²) in [6.07, 6.45) is 68.2. The maximum atomic E-state index is 12.8. The maximum Gasteiger partial charge on any atom is 0.472 e. The lowest BCUT2D eigenvalue weighted by molar-refractivity contribution is -0.870. The van der Waals surface area contributed by atoms with Crippen LogP contribution in [0.5, 0.6) is 0 Å². The number of phosphoric ester groups is 1. The van der Waals surface area contributed by atoms with E-state index in [1.165, 1.54) is 19.3 Å². The van der Waals surface area contributed by atoms with Crippen LogP contribution in [0.3, 0.4) is 0 Å². The van der Waals surface area contributed by atoms with E-state index in [1.807, 2.05) is 21.1 Å². The van der Waals surface area contributed by atoms with Gasteiger partial charge < -0.3 is 18.9 Å².